The Morgan fingerprint density at radius 1 is 1.21 bits per heavy atom. The summed E-state index contributed by atoms with van der Waals surface area (Å²) in [5, 5.41) is 0.692. The first-order chi connectivity index (χ1) is 18.7. The molecule has 1 aromatic heterocycles. The van der Waals surface area contributed by atoms with E-state index in [0.717, 1.165) is 0 Å². The smallest absolute Gasteiger partial charge is 0.338 e. The second kappa shape index (κ2) is 12.0. The van der Waals surface area contributed by atoms with Crippen LogP contribution in [0, 0.1) is 12.3 Å². The van der Waals surface area contributed by atoms with Crippen molar-refractivity contribution < 1.29 is 23.7 Å². The van der Waals surface area contributed by atoms with Crippen LogP contribution >= 0.6 is 34.5 Å². The maximum atomic E-state index is 13.9. The molecule has 0 radical (unpaired) electrons. The van der Waals surface area contributed by atoms with Crippen LogP contribution in [0.15, 0.2) is 51.4 Å². The number of aromatic nitrogens is 1. The maximum absolute atomic E-state index is 13.9. The minimum absolute atomic E-state index is 0.0204. The minimum Gasteiger partial charge on any atom is -0.496 e. The van der Waals surface area contributed by atoms with Gasteiger partial charge < -0.3 is 18.9 Å². The summed E-state index contributed by atoms with van der Waals surface area (Å²) in [7, 11) is 2.78. The van der Waals surface area contributed by atoms with E-state index in [1.54, 1.807) is 43.3 Å². The number of terminal acetylenes is 1. The van der Waals surface area contributed by atoms with Crippen molar-refractivity contribution in [3.63, 3.8) is 0 Å². The zero-order valence-corrected chi connectivity index (χ0v) is 23.9. The molecular weight excluding hydrogens is 563 g/mol. The molecule has 1 atom stereocenters. The lowest BCUT2D eigenvalue weighted by Crippen LogP contribution is -2.40. The second-order valence-electron chi connectivity index (χ2n) is 8.22. The van der Waals surface area contributed by atoms with Gasteiger partial charge in [-0.15, -0.1) is 6.42 Å². The van der Waals surface area contributed by atoms with Gasteiger partial charge in [0, 0.05) is 10.6 Å². The first kappa shape index (κ1) is 28.3. The number of halogens is 2. The molecule has 0 N–H and O–H groups in total. The summed E-state index contributed by atoms with van der Waals surface area (Å²) in [6, 6.07) is 7.48. The van der Waals surface area contributed by atoms with E-state index in [9.17, 15) is 9.59 Å². The molecule has 0 saturated heterocycles. The van der Waals surface area contributed by atoms with Crippen molar-refractivity contribution in [2.24, 2.45) is 4.99 Å². The third kappa shape index (κ3) is 5.55. The molecule has 202 valence electrons. The number of allylic oxidation sites excluding steroid dienone is 1. The average Bonchev–Trinajstić information content (AvgIpc) is 3.21. The Labute approximate surface area is 238 Å². The summed E-state index contributed by atoms with van der Waals surface area (Å²) in [4.78, 5) is 31.8. The third-order valence-corrected chi connectivity index (χ3v) is 7.34. The fourth-order valence-corrected chi connectivity index (χ4v) is 5.75. The highest BCUT2D eigenvalue weighted by Gasteiger charge is 2.35. The Balaban J connectivity index is 1.96. The van der Waals surface area contributed by atoms with Gasteiger partial charge in [-0.1, -0.05) is 40.5 Å². The summed E-state index contributed by atoms with van der Waals surface area (Å²) >= 11 is 14.0. The molecule has 1 aliphatic heterocycles. The van der Waals surface area contributed by atoms with Crippen LogP contribution in [-0.2, 0) is 9.53 Å². The van der Waals surface area contributed by atoms with Crippen molar-refractivity contribution in [3.8, 4) is 29.6 Å². The van der Waals surface area contributed by atoms with Gasteiger partial charge in [0.2, 0.25) is 0 Å². The van der Waals surface area contributed by atoms with Crippen molar-refractivity contribution in [1.82, 2.24) is 4.57 Å². The van der Waals surface area contributed by atoms with Gasteiger partial charge in [0.25, 0.3) is 5.56 Å². The van der Waals surface area contributed by atoms with E-state index in [1.807, 2.05) is 6.92 Å². The molecule has 3 aromatic rings. The van der Waals surface area contributed by atoms with Gasteiger partial charge in [-0.3, -0.25) is 9.36 Å². The predicted molar refractivity (Wildman–Crippen MR) is 151 cm³/mol. The molecule has 2 aromatic carbocycles. The number of fused-ring (bicyclic) bond motifs is 1. The molecular formula is C28H24Cl2N2O6S. The fraction of sp³-hybridized carbons (Fsp3) is 0.250. The number of nitrogens with zero attached hydrogens (tertiary/aromatic N) is 2. The third-order valence-electron chi connectivity index (χ3n) is 5.84. The van der Waals surface area contributed by atoms with Crippen molar-refractivity contribution in [3.05, 3.63) is 82.5 Å². The van der Waals surface area contributed by atoms with Gasteiger partial charge in [0.1, 0.15) is 18.4 Å². The molecule has 0 spiro atoms. The SMILES string of the molecule is C#CCOc1c(Cl)cc(/C=c2\sc3n(c2=O)[C@H](c2cc(Cl)ccc2OC)C(C(=O)OC)=C(C)N=3)cc1OCC. The van der Waals surface area contributed by atoms with Crippen LogP contribution in [0.25, 0.3) is 6.08 Å². The number of carbonyl (C=O) groups is 1. The van der Waals surface area contributed by atoms with Crippen LogP contribution in [-0.4, -0.2) is 38.0 Å². The van der Waals surface area contributed by atoms with E-state index in [0.29, 0.717) is 55.0 Å². The molecule has 8 nitrogen and oxygen atoms in total. The largest absolute Gasteiger partial charge is 0.496 e. The van der Waals surface area contributed by atoms with Gasteiger partial charge in [-0.2, -0.15) is 0 Å². The summed E-state index contributed by atoms with van der Waals surface area (Å²) in [6.45, 7) is 3.91. The normalized spacial score (nSPS) is 14.8. The second-order valence-corrected chi connectivity index (χ2v) is 10.1. The molecule has 1 aliphatic rings. The Hall–Kier alpha value is -3.71. The molecule has 4 rings (SSSR count). The lowest BCUT2D eigenvalue weighted by molar-refractivity contribution is -0.136. The van der Waals surface area contributed by atoms with Crippen LogP contribution in [0.3, 0.4) is 0 Å². The number of hydrogen-bond acceptors (Lipinski definition) is 8. The summed E-state index contributed by atoms with van der Waals surface area (Å²) in [6.07, 6.45) is 6.99. The van der Waals surface area contributed by atoms with Crippen LogP contribution in [0.1, 0.15) is 31.0 Å². The maximum Gasteiger partial charge on any atom is 0.338 e. The lowest BCUT2D eigenvalue weighted by Gasteiger charge is -2.25. The van der Waals surface area contributed by atoms with Crippen LogP contribution in [0.2, 0.25) is 10.0 Å². The number of hydrogen-bond donors (Lipinski definition) is 0. The highest BCUT2D eigenvalue weighted by atomic mass is 35.5. The first-order valence-corrected chi connectivity index (χ1v) is 13.3. The number of ether oxygens (including phenoxy) is 4. The molecule has 2 heterocycles. The van der Waals surface area contributed by atoms with Crippen molar-refractivity contribution >= 4 is 46.6 Å². The van der Waals surface area contributed by atoms with E-state index < -0.39 is 12.0 Å². The van der Waals surface area contributed by atoms with E-state index in [-0.39, 0.29) is 22.8 Å². The quantitative estimate of drug-likeness (QED) is 0.291. The predicted octanol–water partition coefficient (Wildman–Crippen LogP) is 4.13. The van der Waals surface area contributed by atoms with Crippen LogP contribution < -0.4 is 29.1 Å². The Kier molecular flexibility index (Phi) is 8.70. The lowest BCUT2D eigenvalue weighted by atomic mass is 9.95. The summed E-state index contributed by atoms with van der Waals surface area (Å²) in [5.74, 6) is 2.95. The molecule has 0 amide bonds. The van der Waals surface area contributed by atoms with Crippen molar-refractivity contribution in [1.29, 1.82) is 0 Å². The Morgan fingerprint density at radius 3 is 2.64 bits per heavy atom. The summed E-state index contributed by atoms with van der Waals surface area (Å²) in [5.41, 5.74) is 1.36. The molecule has 0 bridgehead atoms. The highest BCUT2D eigenvalue weighted by molar-refractivity contribution is 7.07. The average molecular weight is 587 g/mol. The first-order valence-electron chi connectivity index (χ1n) is 11.7. The van der Waals surface area contributed by atoms with Gasteiger partial charge in [0.15, 0.2) is 16.3 Å². The minimum atomic E-state index is -0.883. The van der Waals surface area contributed by atoms with E-state index in [4.69, 9.17) is 48.6 Å². The van der Waals surface area contributed by atoms with E-state index in [1.165, 1.54) is 30.1 Å². The zero-order valence-electron chi connectivity index (χ0n) is 21.5. The Bertz CT molecular complexity index is 1700. The van der Waals surface area contributed by atoms with Gasteiger partial charge in [-0.05, 0) is 55.8 Å². The monoisotopic (exact) mass is 586 g/mol. The number of thiazole rings is 1. The molecule has 11 heteroatoms. The van der Waals surface area contributed by atoms with Crippen LogP contribution in [0.5, 0.6) is 17.2 Å². The molecule has 0 aliphatic carbocycles. The number of esters is 1. The van der Waals surface area contributed by atoms with E-state index >= 15 is 0 Å². The van der Waals surface area contributed by atoms with Gasteiger partial charge in [-0.25, -0.2) is 9.79 Å². The van der Waals surface area contributed by atoms with Crippen molar-refractivity contribution in [2.75, 3.05) is 27.4 Å². The molecule has 0 unspecified atom stereocenters. The van der Waals surface area contributed by atoms with Crippen LogP contribution in [0.4, 0.5) is 0 Å². The number of methoxy groups -OCH3 is 2. The molecule has 0 fully saturated rings. The zero-order chi connectivity index (χ0) is 28.3. The standard InChI is InChI=1S/C28H24Cl2N2O6S/c1-6-10-38-25-19(30)11-16(12-21(25)37-7-2)13-22-26(33)32-24(18-14-17(29)8-9-20(18)35-4)23(27(34)36-5)15(3)31-28(32)39-22/h1,8-9,11-14,24H,7,10H2,2-5H3/b22-13-/t24-/m1/s1. The van der Waals surface area contributed by atoms with Crippen molar-refractivity contribution in [2.45, 2.75) is 19.9 Å². The Morgan fingerprint density at radius 2 is 1.97 bits per heavy atom. The number of carbonyl (C=O) groups excluding carboxylic acids is 1. The molecule has 0 saturated carbocycles. The summed E-state index contributed by atoms with van der Waals surface area (Å²) < 4.78 is 23.7. The van der Waals surface area contributed by atoms with Gasteiger partial charge in [0.05, 0.1) is 41.7 Å². The highest BCUT2D eigenvalue weighted by Crippen LogP contribution is 2.38. The number of benzene rings is 2. The number of rotatable bonds is 8. The fourth-order valence-electron chi connectivity index (χ4n) is 4.25. The van der Waals surface area contributed by atoms with E-state index in [2.05, 4.69) is 10.9 Å². The molecule has 39 heavy (non-hydrogen) atoms. The topological polar surface area (TPSA) is 88.4 Å². The van der Waals surface area contributed by atoms with Gasteiger partial charge >= 0.3 is 5.97 Å².